The van der Waals surface area contributed by atoms with Crippen molar-refractivity contribution in [1.82, 2.24) is 0 Å². The zero-order chi connectivity index (χ0) is 18.4. The van der Waals surface area contributed by atoms with Gasteiger partial charge in [-0.05, 0) is 49.9 Å². The Morgan fingerprint density at radius 3 is 2.20 bits per heavy atom. The molecule has 0 saturated heterocycles. The number of nitrogens with one attached hydrogen (secondary N) is 1. The quantitative estimate of drug-likeness (QED) is 0.798. The first-order valence-corrected chi connectivity index (χ1v) is 8.65. The summed E-state index contributed by atoms with van der Waals surface area (Å²) in [6.07, 6.45) is 0.768. The van der Waals surface area contributed by atoms with Crippen molar-refractivity contribution in [3.63, 3.8) is 0 Å². The van der Waals surface area contributed by atoms with Crippen molar-refractivity contribution < 1.29 is 14.3 Å². The van der Waals surface area contributed by atoms with E-state index in [1.807, 2.05) is 45.0 Å². The molecule has 2 rings (SSSR count). The second kappa shape index (κ2) is 8.47. The lowest BCUT2D eigenvalue weighted by Crippen LogP contribution is -2.30. The molecule has 0 spiro atoms. The summed E-state index contributed by atoms with van der Waals surface area (Å²) in [6, 6.07) is 13.1. The van der Waals surface area contributed by atoms with E-state index in [0.29, 0.717) is 5.56 Å². The van der Waals surface area contributed by atoms with Gasteiger partial charge in [-0.15, -0.1) is 0 Å². The smallest absolute Gasteiger partial charge is 0.338 e. The largest absolute Gasteiger partial charge is 0.449 e. The van der Waals surface area contributed by atoms with E-state index < -0.39 is 12.1 Å². The third kappa shape index (κ3) is 4.69. The van der Waals surface area contributed by atoms with Crippen LogP contribution in [0.4, 0.5) is 5.69 Å². The number of ether oxygens (including phenoxy) is 1. The number of para-hydroxylation sites is 1. The molecule has 0 aromatic heterocycles. The van der Waals surface area contributed by atoms with Crippen LogP contribution < -0.4 is 5.32 Å². The van der Waals surface area contributed by atoms with E-state index in [-0.39, 0.29) is 5.91 Å². The van der Waals surface area contributed by atoms with Crippen LogP contribution in [0.1, 0.15) is 47.8 Å². The Labute approximate surface area is 149 Å². The number of carbonyl (C=O) groups excluding carboxylic acids is 2. The van der Waals surface area contributed by atoms with Crippen LogP contribution in [0.2, 0.25) is 0 Å². The minimum Gasteiger partial charge on any atom is -0.449 e. The standard InChI is InChI=1S/C21H25NO3/c1-5-16-10-8-11-17(6-2)19(16)22-20(23)15(4)25-21(24)18-12-7-9-14(3)13-18/h7-13,15H,5-6H2,1-4H3,(H,22,23)/t15-/m0/s1. The average molecular weight is 339 g/mol. The van der Waals surface area contributed by atoms with Crippen LogP contribution in [0, 0.1) is 6.92 Å². The maximum atomic E-state index is 12.5. The van der Waals surface area contributed by atoms with Gasteiger partial charge in [0.1, 0.15) is 0 Å². The number of amides is 1. The van der Waals surface area contributed by atoms with Crippen LogP contribution in [-0.4, -0.2) is 18.0 Å². The predicted molar refractivity (Wildman–Crippen MR) is 99.9 cm³/mol. The Morgan fingerprint density at radius 1 is 1.04 bits per heavy atom. The highest BCUT2D eigenvalue weighted by Gasteiger charge is 2.20. The number of esters is 1. The third-order valence-corrected chi connectivity index (χ3v) is 4.15. The molecule has 2 aromatic carbocycles. The lowest BCUT2D eigenvalue weighted by Gasteiger charge is -2.18. The number of hydrogen-bond acceptors (Lipinski definition) is 3. The monoisotopic (exact) mass is 339 g/mol. The molecule has 0 heterocycles. The van der Waals surface area contributed by atoms with E-state index in [2.05, 4.69) is 5.32 Å². The first-order chi connectivity index (χ1) is 12.0. The molecule has 1 amide bonds. The van der Waals surface area contributed by atoms with E-state index in [4.69, 9.17) is 4.74 Å². The van der Waals surface area contributed by atoms with Crippen molar-refractivity contribution in [3.05, 3.63) is 64.7 Å². The maximum Gasteiger partial charge on any atom is 0.338 e. The molecule has 1 N–H and O–H groups in total. The number of anilines is 1. The first kappa shape index (κ1) is 18.7. The Hall–Kier alpha value is -2.62. The predicted octanol–water partition coefficient (Wildman–Crippen LogP) is 4.30. The molecule has 0 unspecified atom stereocenters. The van der Waals surface area contributed by atoms with Gasteiger partial charge in [-0.1, -0.05) is 49.7 Å². The fraction of sp³-hybridized carbons (Fsp3) is 0.333. The normalized spacial score (nSPS) is 11.7. The number of aryl methyl sites for hydroxylation is 3. The van der Waals surface area contributed by atoms with Gasteiger partial charge in [0.25, 0.3) is 5.91 Å². The molecule has 0 bridgehead atoms. The van der Waals surface area contributed by atoms with E-state index in [1.54, 1.807) is 25.1 Å². The SMILES string of the molecule is CCc1cccc(CC)c1NC(=O)[C@H](C)OC(=O)c1cccc(C)c1. The highest BCUT2D eigenvalue weighted by Crippen LogP contribution is 2.23. The minimum atomic E-state index is -0.873. The number of benzene rings is 2. The summed E-state index contributed by atoms with van der Waals surface area (Å²) in [5.74, 6) is -0.817. The summed E-state index contributed by atoms with van der Waals surface area (Å²) in [5.41, 5.74) is 4.39. The van der Waals surface area contributed by atoms with Crippen LogP contribution in [-0.2, 0) is 22.4 Å². The Morgan fingerprint density at radius 2 is 1.64 bits per heavy atom. The topological polar surface area (TPSA) is 55.4 Å². The Bertz CT molecular complexity index is 745. The van der Waals surface area contributed by atoms with Crippen LogP contribution in [0.3, 0.4) is 0 Å². The van der Waals surface area contributed by atoms with Crippen molar-refractivity contribution >= 4 is 17.6 Å². The van der Waals surface area contributed by atoms with E-state index >= 15 is 0 Å². The second-order valence-electron chi connectivity index (χ2n) is 6.06. The van der Waals surface area contributed by atoms with E-state index in [0.717, 1.165) is 35.2 Å². The molecule has 2 aromatic rings. The summed E-state index contributed by atoms with van der Waals surface area (Å²) in [7, 11) is 0. The van der Waals surface area contributed by atoms with Crippen LogP contribution >= 0.6 is 0 Å². The van der Waals surface area contributed by atoms with Gasteiger partial charge < -0.3 is 10.1 Å². The molecular weight excluding hydrogens is 314 g/mol. The summed E-state index contributed by atoms with van der Waals surface area (Å²) in [5, 5.41) is 2.93. The highest BCUT2D eigenvalue weighted by atomic mass is 16.5. The molecule has 0 aliphatic heterocycles. The molecule has 0 aliphatic rings. The summed E-state index contributed by atoms with van der Waals surface area (Å²) >= 11 is 0. The van der Waals surface area contributed by atoms with E-state index in [9.17, 15) is 9.59 Å². The van der Waals surface area contributed by atoms with Crippen molar-refractivity contribution in [2.75, 3.05) is 5.32 Å². The zero-order valence-electron chi connectivity index (χ0n) is 15.3. The molecule has 25 heavy (non-hydrogen) atoms. The first-order valence-electron chi connectivity index (χ1n) is 8.65. The van der Waals surface area contributed by atoms with Crippen molar-refractivity contribution in [2.24, 2.45) is 0 Å². The lowest BCUT2D eigenvalue weighted by molar-refractivity contribution is -0.123. The third-order valence-electron chi connectivity index (χ3n) is 4.15. The fourth-order valence-corrected chi connectivity index (χ4v) is 2.68. The Balaban J connectivity index is 2.10. The molecule has 0 fully saturated rings. The maximum absolute atomic E-state index is 12.5. The summed E-state index contributed by atoms with van der Waals surface area (Å²) < 4.78 is 5.32. The molecule has 4 heteroatoms. The molecule has 0 radical (unpaired) electrons. The van der Waals surface area contributed by atoms with Gasteiger partial charge in [-0.3, -0.25) is 4.79 Å². The van der Waals surface area contributed by atoms with Gasteiger partial charge in [0.2, 0.25) is 0 Å². The number of carbonyl (C=O) groups is 2. The molecule has 132 valence electrons. The van der Waals surface area contributed by atoms with Crippen molar-refractivity contribution in [1.29, 1.82) is 0 Å². The van der Waals surface area contributed by atoms with Crippen LogP contribution in [0.25, 0.3) is 0 Å². The highest BCUT2D eigenvalue weighted by molar-refractivity contribution is 5.98. The second-order valence-corrected chi connectivity index (χ2v) is 6.06. The van der Waals surface area contributed by atoms with Gasteiger partial charge in [0.05, 0.1) is 5.56 Å². The van der Waals surface area contributed by atoms with Crippen LogP contribution in [0.5, 0.6) is 0 Å². The van der Waals surface area contributed by atoms with Gasteiger partial charge >= 0.3 is 5.97 Å². The lowest BCUT2D eigenvalue weighted by atomic mass is 10.0. The molecule has 4 nitrogen and oxygen atoms in total. The van der Waals surface area contributed by atoms with Gasteiger partial charge in [0.15, 0.2) is 6.10 Å². The molecule has 0 saturated carbocycles. The summed E-state index contributed by atoms with van der Waals surface area (Å²) in [6.45, 7) is 7.58. The Kier molecular flexibility index (Phi) is 6.34. The molecule has 0 aliphatic carbocycles. The number of rotatable bonds is 6. The summed E-state index contributed by atoms with van der Waals surface area (Å²) in [4.78, 5) is 24.7. The molecule has 1 atom stereocenters. The molecular formula is C21H25NO3. The number of hydrogen-bond donors (Lipinski definition) is 1. The van der Waals surface area contributed by atoms with Crippen molar-refractivity contribution in [2.45, 2.75) is 46.6 Å². The van der Waals surface area contributed by atoms with E-state index in [1.165, 1.54) is 0 Å². The van der Waals surface area contributed by atoms with Crippen LogP contribution in [0.15, 0.2) is 42.5 Å². The van der Waals surface area contributed by atoms with Gasteiger partial charge in [0, 0.05) is 5.69 Å². The average Bonchev–Trinajstić information content (AvgIpc) is 2.61. The van der Waals surface area contributed by atoms with Crippen molar-refractivity contribution in [3.8, 4) is 0 Å². The van der Waals surface area contributed by atoms with Gasteiger partial charge in [-0.25, -0.2) is 4.79 Å². The zero-order valence-corrected chi connectivity index (χ0v) is 15.3. The minimum absolute atomic E-state index is 0.323. The van der Waals surface area contributed by atoms with Gasteiger partial charge in [-0.2, -0.15) is 0 Å². The fourth-order valence-electron chi connectivity index (χ4n) is 2.68.